The number of hydrogen-bond donors (Lipinski definition) is 0. The molecule has 0 radical (unpaired) electrons. The smallest absolute Gasteiger partial charge is 0.262 e. The van der Waals surface area contributed by atoms with Gasteiger partial charge in [-0.1, -0.05) is 12.1 Å². The number of nitriles is 1. The van der Waals surface area contributed by atoms with Crippen LogP contribution in [0, 0.1) is 23.1 Å². The topological polar surface area (TPSA) is 77.6 Å². The summed E-state index contributed by atoms with van der Waals surface area (Å²) in [4.78, 5) is 23.5. The Morgan fingerprint density at radius 3 is 2.68 bits per heavy atom. The lowest BCUT2D eigenvalue weighted by atomic mass is 9.92. The highest BCUT2D eigenvalue weighted by Gasteiger charge is 2.39. The quantitative estimate of drug-likeness (QED) is 0.471. The van der Waals surface area contributed by atoms with Crippen molar-refractivity contribution in [2.24, 2.45) is 13.0 Å². The molecule has 38 heavy (non-hydrogen) atoms. The molecule has 0 saturated carbocycles. The first-order chi connectivity index (χ1) is 18.3. The third-order valence-electron chi connectivity index (χ3n) is 7.71. The first kappa shape index (κ1) is 25.7. The third kappa shape index (κ3) is 5.22. The van der Waals surface area contributed by atoms with Gasteiger partial charge in [0.2, 0.25) is 0 Å². The number of amides is 1. The molecule has 3 aromatic rings. The number of carbonyl (C=O) groups excluding carboxylic acids is 1. The molecule has 198 valence electrons. The summed E-state index contributed by atoms with van der Waals surface area (Å²) < 4.78 is 22.1. The zero-order chi connectivity index (χ0) is 26.8. The second-order valence-electron chi connectivity index (χ2n) is 10.4. The Morgan fingerprint density at radius 2 is 1.95 bits per heavy atom. The molecule has 2 saturated heterocycles. The van der Waals surface area contributed by atoms with Crippen LogP contribution in [0.15, 0.2) is 48.8 Å². The van der Waals surface area contributed by atoms with Crippen molar-refractivity contribution in [1.29, 1.82) is 5.26 Å². The Bertz CT molecular complexity index is 1350. The molecule has 8 nitrogen and oxygen atoms in total. The largest absolute Gasteiger partial charge is 0.435 e. The number of hydrogen-bond acceptors (Lipinski definition) is 6. The van der Waals surface area contributed by atoms with Gasteiger partial charge in [-0.05, 0) is 67.6 Å². The highest BCUT2D eigenvalue weighted by molar-refractivity contribution is 5.96. The second kappa shape index (κ2) is 10.8. The number of rotatable bonds is 7. The average Bonchev–Trinajstić information content (AvgIpc) is 3.50. The van der Waals surface area contributed by atoms with Crippen LogP contribution in [0.3, 0.4) is 0 Å². The first-order valence-electron chi connectivity index (χ1n) is 13.0. The number of ether oxygens (including phenoxy) is 1. The van der Waals surface area contributed by atoms with E-state index in [4.69, 9.17) is 10.00 Å². The summed E-state index contributed by atoms with van der Waals surface area (Å²) in [6.45, 7) is 3.81. The Hall–Kier alpha value is -3.90. The van der Waals surface area contributed by atoms with Crippen LogP contribution in [0.5, 0.6) is 11.6 Å². The van der Waals surface area contributed by atoms with E-state index in [-0.39, 0.29) is 17.2 Å². The van der Waals surface area contributed by atoms with Crippen molar-refractivity contribution in [3.8, 4) is 17.7 Å². The van der Waals surface area contributed by atoms with Crippen LogP contribution in [0.1, 0.15) is 34.3 Å². The van der Waals surface area contributed by atoms with Crippen LogP contribution in [0.4, 0.5) is 10.2 Å². The van der Waals surface area contributed by atoms with Crippen molar-refractivity contribution in [3.63, 3.8) is 0 Å². The number of anilines is 1. The Labute approximate surface area is 222 Å². The van der Waals surface area contributed by atoms with Gasteiger partial charge in [-0.15, -0.1) is 0 Å². The molecule has 2 fully saturated rings. The minimum atomic E-state index is -0.492. The molecular weight excluding hydrogens is 483 g/mol. The zero-order valence-electron chi connectivity index (χ0n) is 22.1. The summed E-state index contributed by atoms with van der Waals surface area (Å²) in [5.41, 5.74) is 2.09. The fourth-order valence-corrected chi connectivity index (χ4v) is 5.65. The van der Waals surface area contributed by atoms with E-state index in [0.717, 1.165) is 44.8 Å². The minimum Gasteiger partial charge on any atom is -0.435 e. The molecular formula is C29H33FN6O2. The van der Waals surface area contributed by atoms with Gasteiger partial charge in [0.05, 0.1) is 17.2 Å². The zero-order valence-corrected chi connectivity index (χ0v) is 22.1. The molecule has 1 amide bonds. The van der Waals surface area contributed by atoms with Crippen molar-refractivity contribution in [1.82, 2.24) is 19.4 Å². The fourth-order valence-electron chi connectivity index (χ4n) is 5.65. The van der Waals surface area contributed by atoms with Crippen molar-refractivity contribution >= 4 is 11.7 Å². The highest BCUT2D eigenvalue weighted by Crippen LogP contribution is 2.38. The maximum Gasteiger partial charge on any atom is 0.262 e. The molecule has 1 aromatic heterocycles. The van der Waals surface area contributed by atoms with Gasteiger partial charge in [0, 0.05) is 46.8 Å². The number of benzene rings is 2. The van der Waals surface area contributed by atoms with E-state index in [1.807, 2.05) is 35.9 Å². The van der Waals surface area contributed by atoms with Crippen LogP contribution in [-0.4, -0.2) is 71.6 Å². The predicted octanol–water partition coefficient (Wildman–Crippen LogP) is 4.07. The maximum absolute atomic E-state index is 14.0. The molecule has 0 spiro atoms. The van der Waals surface area contributed by atoms with Crippen molar-refractivity contribution in [2.45, 2.75) is 25.3 Å². The lowest BCUT2D eigenvalue weighted by molar-refractivity contribution is 0.0824. The summed E-state index contributed by atoms with van der Waals surface area (Å²) in [6.07, 6.45) is 4.95. The number of piperidine rings is 1. The van der Waals surface area contributed by atoms with Crippen LogP contribution >= 0.6 is 0 Å². The predicted molar refractivity (Wildman–Crippen MR) is 143 cm³/mol. The summed E-state index contributed by atoms with van der Waals surface area (Å²) in [5, 5.41) is 9.05. The van der Waals surface area contributed by atoms with E-state index >= 15 is 0 Å². The number of aryl methyl sites for hydroxylation is 1. The van der Waals surface area contributed by atoms with Crippen LogP contribution < -0.4 is 9.64 Å². The molecule has 0 aliphatic carbocycles. The Balaban J connectivity index is 1.32. The van der Waals surface area contributed by atoms with Gasteiger partial charge in [0.1, 0.15) is 17.9 Å². The SMILES string of the molecule is CN(C)C(=O)c1cc(F)ccc1Oc1ncn(C)c1N1CCC2CCN(CCc3ccc(C#N)cc3)C2C1. The molecule has 0 bridgehead atoms. The lowest BCUT2D eigenvalue weighted by Gasteiger charge is -2.39. The van der Waals surface area contributed by atoms with Gasteiger partial charge < -0.3 is 19.1 Å². The first-order valence-corrected chi connectivity index (χ1v) is 13.0. The van der Waals surface area contributed by atoms with Crippen LogP contribution in [0.25, 0.3) is 0 Å². The van der Waals surface area contributed by atoms with E-state index < -0.39 is 5.82 Å². The fraction of sp³-hybridized carbons (Fsp3) is 0.414. The summed E-state index contributed by atoms with van der Waals surface area (Å²) in [5.74, 6) is 1.38. The Morgan fingerprint density at radius 1 is 1.18 bits per heavy atom. The molecule has 5 rings (SSSR count). The number of aromatic nitrogens is 2. The Kier molecular flexibility index (Phi) is 7.34. The highest BCUT2D eigenvalue weighted by atomic mass is 19.1. The number of nitrogens with zero attached hydrogens (tertiary/aromatic N) is 6. The van der Waals surface area contributed by atoms with Gasteiger partial charge in [-0.2, -0.15) is 5.26 Å². The average molecular weight is 517 g/mol. The van der Waals surface area contributed by atoms with Gasteiger partial charge >= 0.3 is 0 Å². The monoisotopic (exact) mass is 516 g/mol. The molecule has 3 heterocycles. The van der Waals surface area contributed by atoms with Crippen LogP contribution in [-0.2, 0) is 13.5 Å². The summed E-state index contributed by atoms with van der Waals surface area (Å²) in [6, 6.07) is 14.4. The van der Waals surface area contributed by atoms with Gasteiger partial charge in [0.25, 0.3) is 11.8 Å². The number of likely N-dealkylation sites (tertiary alicyclic amines) is 1. The molecule has 2 atom stereocenters. The maximum atomic E-state index is 14.0. The minimum absolute atomic E-state index is 0.162. The van der Waals surface area contributed by atoms with E-state index in [0.29, 0.717) is 23.4 Å². The number of halogens is 1. The molecule has 2 unspecified atom stereocenters. The van der Waals surface area contributed by atoms with E-state index in [2.05, 4.69) is 20.9 Å². The molecule has 9 heteroatoms. The van der Waals surface area contributed by atoms with Crippen molar-refractivity contribution in [3.05, 3.63) is 71.3 Å². The summed E-state index contributed by atoms with van der Waals surface area (Å²) >= 11 is 0. The molecule has 2 aliphatic rings. The number of imidazole rings is 1. The van der Waals surface area contributed by atoms with Crippen molar-refractivity contribution in [2.75, 3.05) is 45.2 Å². The normalized spacial score (nSPS) is 19.2. The third-order valence-corrected chi connectivity index (χ3v) is 7.71. The van der Waals surface area contributed by atoms with E-state index in [9.17, 15) is 9.18 Å². The molecule has 2 aromatic carbocycles. The second-order valence-corrected chi connectivity index (χ2v) is 10.4. The summed E-state index contributed by atoms with van der Waals surface area (Å²) in [7, 11) is 5.19. The number of fused-ring (bicyclic) bond motifs is 1. The molecule has 2 aliphatic heterocycles. The van der Waals surface area contributed by atoms with Gasteiger partial charge in [0.15, 0.2) is 5.82 Å². The van der Waals surface area contributed by atoms with Gasteiger partial charge in [-0.25, -0.2) is 9.37 Å². The van der Waals surface area contributed by atoms with Crippen molar-refractivity contribution < 1.29 is 13.9 Å². The lowest BCUT2D eigenvalue weighted by Crippen LogP contribution is -2.49. The van der Waals surface area contributed by atoms with Crippen LogP contribution in [0.2, 0.25) is 0 Å². The van der Waals surface area contributed by atoms with Gasteiger partial charge in [-0.3, -0.25) is 9.69 Å². The van der Waals surface area contributed by atoms with E-state index in [1.165, 1.54) is 35.1 Å². The van der Waals surface area contributed by atoms with E-state index in [1.54, 1.807) is 20.4 Å². The molecule has 0 N–H and O–H groups in total. The number of carbonyl (C=O) groups is 1. The standard InChI is InChI=1S/C29H33FN6O2/c1-33(2)29(37)24-16-23(30)8-9-26(24)38-27-28(34(3)19-32-27)36-15-12-22-11-14-35(25(22)18-36)13-10-20-4-6-21(17-31)7-5-20/h4-9,16,19,22,25H,10-15,18H2,1-3H3.